The van der Waals surface area contributed by atoms with E-state index in [0.29, 0.717) is 5.89 Å². The number of hydrogen-bond donors (Lipinski definition) is 1. The molecule has 0 saturated carbocycles. The number of benzene rings is 1. The van der Waals surface area contributed by atoms with Crippen LogP contribution in [-0.2, 0) is 6.18 Å². The molecule has 2 unspecified atom stereocenters. The van der Waals surface area contributed by atoms with Crippen molar-refractivity contribution >= 4 is 0 Å². The van der Waals surface area contributed by atoms with Gasteiger partial charge in [0.25, 0.3) is 0 Å². The molecular weight excluding hydrogens is 281 g/mol. The highest BCUT2D eigenvalue weighted by atomic mass is 19.4. The van der Waals surface area contributed by atoms with Gasteiger partial charge in [0, 0.05) is 6.04 Å². The molecule has 1 heterocycles. The molecular formula is C15H17F3N2O. The van der Waals surface area contributed by atoms with Crippen molar-refractivity contribution in [3.05, 3.63) is 53.2 Å². The van der Waals surface area contributed by atoms with Crippen molar-refractivity contribution in [3.8, 4) is 0 Å². The van der Waals surface area contributed by atoms with Crippen LogP contribution >= 0.6 is 0 Å². The molecule has 0 aliphatic carbocycles. The summed E-state index contributed by atoms with van der Waals surface area (Å²) in [4.78, 5) is 4.13. The van der Waals surface area contributed by atoms with Crippen molar-refractivity contribution in [1.29, 1.82) is 0 Å². The molecule has 0 amide bonds. The smallest absolute Gasteiger partial charge is 0.416 e. The first-order valence-corrected chi connectivity index (χ1v) is 6.63. The maximum absolute atomic E-state index is 12.5. The van der Waals surface area contributed by atoms with E-state index < -0.39 is 11.7 Å². The number of aryl methyl sites for hydroxylation is 1. The Balaban J connectivity index is 2.04. The molecule has 114 valence electrons. The highest BCUT2D eigenvalue weighted by molar-refractivity contribution is 5.26. The zero-order valence-corrected chi connectivity index (χ0v) is 12.0. The number of oxazole rings is 1. The second-order valence-electron chi connectivity index (χ2n) is 5.04. The second-order valence-corrected chi connectivity index (χ2v) is 5.04. The first-order valence-electron chi connectivity index (χ1n) is 6.63. The van der Waals surface area contributed by atoms with Crippen LogP contribution < -0.4 is 5.32 Å². The Labute approximate surface area is 121 Å². The Kier molecular flexibility index (Phi) is 4.37. The van der Waals surface area contributed by atoms with Gasteiger partial charge in [-0.3, -0.25) is 5.32 Å². The minimum Gasteiger partial charge on any atom is -0.444 e. The molecule has 0 aliphatic heterocycles. The first kappa shape index (κ1) is 15.6. The molecule has 21 heavy (non-hydrogen) atoms. The van der Waals surface area contributed by atoms with E-state index in [1.54, 1.807) is 6.20 Å². The van der Waals surface area contributed by atoms with Crippen LogP contribution in [0.15, 0.2) is 34.9 Å². The molecule has 1 aromatic heterocycles. The quantitative estimate of drug-likeness (QED) is 0.908. The molecule has 2 aromatic rings. The molecule has 0 bridgehead atoms. The summed E-state index contributed by atoms with van der Waals surface area (Å²) in [6.07, 6.45) is -2.67. The topological polar surface area (TPSA) is 38.1 Å². The van der Waals surface area contributed by atoms with Crippen LogP contribution in [0.1, 0.15) is 48.7 Å². The van der Waals surface area contributed by atoms with Crippen LogP contribution in [0.3, 0.4) is 0 Å². The van der Waals surface area contributed by atoms with Crippen LogP contribution in [0, 0.1) is 6.92 Å². The summed E-state index contributed by atoms with van der Waals surface area (Å²) in [6.45, 7) is 5.59. The molecule has 0 saturated heterocycles. The Morgan fingerprint density at radius 2 is 1.71 bits per heavy atom. The van der Waals surface area contributed by atoms with E-state index in [9.17, 15) is 13.2 Å². The van der Waals surface area contributed by atoms with Crippen molar-refractivity contribution in [2.24, 2.45) is 0 Å². The molecule has 0 radical (unpaired) electrons. The van der Waals surface area contributed by atoms with Gasteiger partial charge in [0.15, 0.2) is 0 Å². The number of nitrogens with one attached hydrogen (secondary N) is 1. The van der Waals surface area contributed by atoms with E-state index in [-0.39, 0.29) is 12.1 Å². The first-order chi connectivity index (χ1) is 9.77. The van der Waals surface area contributed by atoms with Gasteiger partial charge in [-0.15, -0.1) is 0 Å². The normalized spacial score (nSPS) is 15.0. The van der Waals surface area contributed by atoms with Crippen molar-refractivity contribution in [1.82, 2.24) is 10.3 Å². The minimum atomic E-state index is -4.31. The van der Waals surface area contributed by atoms with E-state index in [1.165, 1.54) is 12.1 Å². The van der Waals surface area contributed by atoms with Gasteiger partial charge >= 0.3 is 6.18 Å². The van der Waals surface area contributed by atoms with E-state index in [0.717, 1.165) is 23.5 Å². The van der Waals surface area contributed by atoms with Gasteiger partial charge in [0.2, 0.25) is 5.89 Å². The van der Waals surface area contributed by atoms with Gasteiger partial charge in [-0.1, -0.05) is 12.1 Å². The van der Waals surface area contributed by atoms with Crippen LogP contribution in [-0.4, -0.2) is 4.98 Å². The zero-order chi connectivity index (χ0) is 15.6. The van der Waals surface area contributed by atoms with Gasteiger partial charge in [-0.25, -0.2) is 4.98 Å². The summed E-state index contributed by atoms with van der Waals surface area (Å²) in [5.41, 5.74) is 0.132. The van der Waals surface area contributed by atoms with Crippen LogP contribution in [0.25, 0.3) is 0 Å². The molecule has 6 heteroatoms. The van der Waals surface area contributed by atoms with E-state index in [1.807, 2.05) is 20.8 Å². The molecule has 2 rings (SSSR count). The summed E-state index contributed by atoms with van der Waals surface area (Å²) < 4.78 is 43.0. The maximum atomic E-state index is 12.5. The van der Waals surface area contributed by atoms with Gasteiger partial charge < -0.3 is 4.42 Å². The van der Waals surface area contributed by atoms with E-state index >= 15 is 0 Å². The molecule has 0 fully saturated rings. The lowest BCUT2D eigenvalue weighted by Crippen LogP contribution is -2.22. The molecule has 1 aromatic carbocycles. The molecule has 2 atom stereocenters. The van der Waals surface area contributed by atoms with Crippen molar-refractivity contribution in [2.45, 2.75) is 39.0 Å². The predicted octanol–water partition coefficient (Wildman–Crippen LogP) is 4.41. The fourth-order valence-electron chi connectivity index (χ4n) is 2.08. The van der Waals surface area contributed by atoms with Gasteiger partial charge in [-0.2, -0.15) is 13.2 Å². The number of alkyl halides is 3. The van der Waals surface area contributed by atoms with Crippen LogP contribution in [0.4, 0.5) is 13.2 Å². The van der Waals surface area contributed by atoms with Crippen molar-refractivity contribution in [2.75, 3.05) is 0 Å². The Hall–Kier alpha value is -1.82. The SMILES string of the molecule is Cc1cnc(C(C)NC(C)c2ccc(C(F)(F)F)cc2)o1. The average molecular weight is 298 g/mol. The molecule has 1 N–H and O–H groups in total. The van der Waals surface area contributed by atoms with Crippen molar-refractivity contribution in [3.63, 3.8) is 0 Å². The molecule has 0 spiro atoms. The van der Waals surface area contributed by atoms with Crippen LogP contribution in [0.2, 0.25) is 0 Å². The van der Waals surface area contributed by atoms with Crippen molar-refractivity contribution < 1.29 is 17.6 Å². The summed E-state index contributed by atoms with van der Waals surface area (Å²) in [6, 6.07) is 4.90. The highest BCUT2D eigenvalue weighted by Gasteiger charge is 2.30. The average Bonchev–Trinajstić information content (AvgIpc) is 2.84. The summed E-state index contributed by atoms with van der Waals surface area (Å²) >= 11 is 0. The number of nitrogens with zero attached hydrogens (tertiary/aromatic N) is 1. The van der Waals surface area contributed by atoms with E-state index in [4.69, 9.17) is 4.42 Å². The standard InChI is InChI=1S/C15H17F3N2O/c1-9-8-19-14(21-9)11(3)20-10(2)12-4-6-13(7-5-12)15(16,17)18/h4-8,10-11,20H,1-3H3. The molecule has 0 aliphatic rings. The Bertz CT molecular complexity index is 590. The third-order valence-electron chi connectivity index (χ3n) is 3.25. The fourth-order valence-corrected chi connectivity index (χ4v) is 2.08. The number of rotatable bonds is 4. The third kappa shape index (κ3) is 3.85. The van der Waals surface area contributed by atoms with Crippen LogP contribution in [0.5, 0.6) is 0 Å². The highest BCUT2D eigenvalue weighted by Crippen LogP contribution is 2.30. The second kappa shape index (κ2) is 5.89. The summed E-state index contributed by atoms with van der Waals surface area (Å²) in [7, 11) is 0. The van der Waals surface area contributed by atoms with Gasteiger partial charge in [-0.05, 0) is 38.5 Å². The van der Waals surface area contributed by atoms with E-state index in [2.05, 4.69) is 10.3 Å². The lowest BCUT2D eigenvalue weighted by atomic mass is 10.1. The number of aromatic nitrogens is 1. The Morgan fingerprint density at radius 1 is 1.10 bits per heavy atom. The third-order valence-corrected chi connectivity index (χ3v) is 3.25. The summed E-state index contributed by atoms with van der Waals surface area (Å²) in [5.74, 6) is 1.28. The minimum absolute atomic E-state index is 0.116. The lowest BCUT2D eigenvalue weighted by Gasteiger charge is -2.18. The zero-order valence-electron chi connectivity index (χ0n) is 12.0. The molecule has 3 nitrogen and oxygen atoms in total. The van der Waals surface area contributed by atoms with Gasteiger partial charge in [0.1, 0.15) is 5.76 Å². The monoisotopic (exact) mass is 298 g/mol. The number of halogens is 3. The predicted molar refractivity (Wildman–Crippen MR) is 72.6 cm³/mol. The summed E-state index contributed by atoms with van der Waals surface area (Å²) in [5, 5.41) is 3.25. The maximum Gasteiger partial charge on any atom is 0.416 e. The number of hydrogen-bond acceptors (Lipinski definition) is 3. The Morgan fingerprint density at radius 3 is 2.19 bits per heavy atom. The largest absolute Gasteiger partial charge is 0.444 e. The van der Waals surface area contributed by atoms with Gasteiger partial charge in [0.05, 0.1) is 17.8 Å². The fraction of sp³-hybridized carbons (Fsp3) is 0.400. The lowest BCUT2D eigenvalue weighted by molar-refractivity contribution is -0.137.